The molecule has 3 rings (SSSR count). The highest BCUT2D eigenvalue weighted by atomic mass is 16.5. The fourth-order valence-corrected chi connectivity index (χ4v) is 4.63. The zero-order valence-electron chi connectivity index (χ0n) is 11.9. The van der Waals surface area contributed by atoms with E-state index >= 15 is 0 Å². The summed E-state index contributed by atoms with van der Waals surface area (Å²) in [4.78, 5) is 0. The molecule has 0 heterocycles. The van der Waals surface area contributed by atoms with E-state index in [-0.39, 0.29) is 5.60 Å². The Labute approximate surface area is 112 Å². The monoisotopic (exact) mass is 251 g/mol. The lowest BCUT2D eigenvalue weighted by molar-refractivity contribution is -0.129. The Morgan fingerprint density at radius 3 is 2.39 bits per heavy atom. The lowest BCUT2D eigenvalue weighted by Crippen LogP contribution is -2.47. The summed E-state index contributed by atoms with van der Waals surface area (Å²) in [7, 11) is 0. The molecule has 2 nitrogen and oxygen atoms in total. The quantitative estimate of drug-likeness (QED) is 0.830. The summed E-state index contributed by atoms with van der Waals surface area (Å²) in [6.45, 7) is 3.05. The Morgan fingerprint density at radius 1 is 1.11 bits per heavy atom. The standard InChI is InChI=1S/C16H29NO/c1-2-12-5-7-16(11-17,8-6-12)18-15-10-13-3-4-14(15)9-13/h12-15H,2-11,17H2,1H3. The molecule has 0 aliphatic heterocycles. The van der Waals surface area contributed by atoms with Gasteiger partial charge >= 0.3 is 0 Å². The second-order valence-electron chi connectivity index (χ2n) is 7.07. The van der Waals surface area contributed by atoms with E-state index < -0.39 is 0 Å². The van der Waals surface area contributed by atoms with Gasteiger partial charge in [-0.15, -0.1) is 0 Å². The molecule has 0 spiro atoms. The van der Waals surface area contributed by atoms with Crippen molar-refractivity contribution in [3.05, 3.63) is 0 Å². The summed E-state index contributed by atoms with van der Waals surface area (Å²) in [6.07, 6.45) is 12.6. The minimum Gasteiger partial charge on any atom is -0.370 e. The molecule has 0 saturated heterocycles. The number of nitrogens with two attached hydrogens (primary N) is 1. The fourth-order valence-electron chi connectivity index (χ4n) is 4.63. The maximum Gasteiger partial charge on any atom is 0.0808 e. The largest absolute Gasteiger partial charge is 0.370 e. The van der Waals surface area contributed by atoms with Gasteiger partial charge in [-0.1, -0.05) is 13.3 Å². The number of rotatable bonds is 4. The molecule has 3 unspecified atom stereocenters. The van der Waals surface area contributed by atoms with Gasteiger partial charge in [-0.3, -0.25) is 0 Å². The average Bonchev–Trinajstić information content (AvgIpc) is 3.02. The first kappa shape index (κ1) is 12.9. The Kier molecular flexibility index (Phi) is 3.68. The summed E-state index contributed by atoms with van der Waals surface area (Å²) in [5.74, 6) is 2.76. The van der Waals surface area contributed by atoms with Crippen molar-refractivity contribution < 1.29 is 4.74 Å². The predicted octanol–water partition coefficient (Wildman–Crippen LogP) is 3.49. The molecule has 2 heteroatoms. The van der Waals surface area contributed by atoms with E-state index in [1.165, 1.54) is 57.8 Å². The van der Waals surface area contributed by atoms with Gasteiger partial charge in [-0.05, 0) is 69.1 Å². The van der Waals surface area contributed by atoms with Gasteiger partial charge in [-0.25, -0.2) is 0 Å². The third-order valence-electron chi connectivity index (χ3n) is 6.04. The molecule has 3 aliphatic rings. The lowest BCUT2D eigenvalue weighted by atomic mass is 9.77. The SMILES string of the molecule is CCC1CCC(CN)(OC2CC3CCC2C3)CC1. The van der Waals surface area contributed by atoms with Crippen LogP contribution >= 0.6 is 0 Å². The summed E-state index contributed by atoms with van der Waals surface area (Å²) in [5.41, 5.74) is 6.12. The van der Waals surface area contributed by atoms with Crippen LogP contribution in [0.15, 0.2) is 0 Å². The molecule has 18 heavy (non-hydrogen) atoms. The molecule has 2 bridgehead atoms. The Hall–Kier alpha value is -0.0800. The van der Waals surface area contributed by atoms with Crippen molar-refractivity contribution in [2.75, 3.05) is 6.54 Å². The van der Waals surface area contributed by atoms with Gasteiger partial charge in [0.25, 0.3) is 0 Å². The molecule has 0 aromatic rings. The van der Waals surface area contributed by atoms with Crippen LogP contribution in [-0.4, -0.2) is 18.2 Å². The van der Waals surface area contributed by atoms with E-state index in [9.17, 15) is 0 Å². The van der Waals surface area contributed by atoms with Crippen LogP contribution in [0.2, 0.25) is 0 Å². The third kappa shape index (κ3) is 2.34. The minimum atomic E-state index is 0.0425. The van der Waals surface area contributed by atoms with E-state index in [2.05, 4.69) is 6.92 Å². The first-order chi connectivity index (χ1) is 8.74. The first-order valence-corrected chi connectivity index (χ1v) is 8.12. The molecule has 3 saturated carbocycles. The zero-order chi connectivity index (χ0) is 12.6. The van der Waals surface area contributed by atoms with Crippen LogP contribution in [0.3, 0.4) is 0 Å². The molecule has 2 N–H and O–H groups in total. The maximum absolute atomic E-state index is 6.59. The van der Waals surface area contributed by atoms with Crippen LogP contribution in [0.1, 0.15) is 64.7 Å². The highest BCUT2D eigenvalue weighted by Gasteiger charge is 2.45. The van der Waals surface area contributed by atoms with Crippen LogP contribution in [-0.2, 0) is 4.74 Å². The number of hydrogen-bond acceptors (Lipinski definition) is 2. The molecule has 3 aliphatic carbocycles. The van der Waals surface area contributed by atoms with Gasteiger partial charge in [0.15, 0.2) is 0 Å². The predicted molar refractivity (Wildman–Crippen MR) is 74.4 cm³/mol. The molecule has 3 atom stereocenters. The average molecular weight is 251 g/mol. The smallest absolute Gasteiger partial charge is 0.0808 e. The van der Waals surface area contributed by atoms with Crippen molar-refractivity contribution >= 4 is 0 Å². The van der Waals surface area contributed by atoms with E-state index in [4.69, 9.17) is 10.5 Å². The Morgan fingerprint density at radius 2 is 1.89 bits per heavy atom. The Bertz CT molecular complexity index is 283. The highest BCUT2D eigenvalue weighted by Crippen LogP contribution is 2.48. The molecular formula is C16H29NO. The maximum atomic E-state index is 6.59. The lowest BCUT2D eigenvalue weighted by Gasteiger charge is -2.42. The second-order valence-corrected chi connectivity index (χ2v) is 7.07. The number of ether oxygens (including phenoxy) is 1. The van der Waals surface area contributed by atoms with E-state index in [0.717, 1.165) is 24.3 Å². The fraction of sp³-hybridized carbons (Fsp3) is 1.00. The molecule has 0 aromatic carbocycles. The van der Waals surface area contributed by atoms with E-state index in [1.54, 1.807) is 0 Å². The van der Waals surface area contributed by atoms with Gasteiger partial charge in [0.1, 0.15) is 0 Å². The van der Waals surface area contributed by atoms with Gasteiger partial charge in [-0.2, -0.15) is 0 Å². The van der Waals surface area contributed by atoms with Crippen molar-refractivity contribution in [3.63, 3.8) is 0 Å². The minimum absolute atomic E-state index is 0.0425. The number of hydrogen-bond donors (Lipinski definition) is 1. The molecule has 0 amide bonds. The molecule has 0 aromatic heterocycles. The van der Waals surface area contributed by atoms with Crippen molar-refractivity contribution in [1.29, 1.82) is 0 Å². The van der Waals surface area contributed by atoms with Gasteiger partial charge in [0.2, 0.25) is 0 Å². The van der Waals surface area contributed by atoms with Crippen molar-refractivity contribution in [1.82, 2.24) is 0 Å². The highest BCUT2D eigenvalue weighted by molar-refractivity contribution is 4.95. The topological polar surface area (TPSA) is 35.2 Å². The summed E-state index contributed by atoms with van der Waals surface area (Å²) >= 11 is 0. The molecule has 3 fully saturated rings. The van der Waals surface area contributed by atoms with Crippen LogP contribution in [0.4, 0.5) is 0 Å². The van der Waals surface area contributed by atoms with Crippen LogP contribution in [0, 0.1) is 17.8 Å². The van der Waals surface area contributed by atoms with Crippen LogP contribution in [0.25, 0.3) is 0 Å². The number of fused-ring (bicyclic) bond motifs is 2. The van der Waals surface area contributed by atoms with Crippen LogP contribution < -0.4 is 5.73 Å². The van der Waals surface area contributed by atoms with Gasteiger partial charge < -0.3 is 10.5 Å². The normalized spacial score (nSPS) is 47.7. The Balaban J connectivity index is 1.59. The van der Waals surface area contributed by atoms with Crippen molar-refractivity contribution in [2.24, 2.45) is 23.5 Å². The van der Waals surface area contributed by atoms with Crippen molar-refractivity contribution in [2.45, 2.75) is 76.4 Å². The summed E-state index contributed by atoms with van der Waals surface area (Å²) in [6, 6.07) is 0. The first-order valence-electron chi connectivity index (χ1n) is 8.12. The molecular weight excluding hydrogens is 222 g/mol. The summed E-state index contributed by atoms with van der Waals surface area (Å²) < 4.78 is 6.59. The van der Waals surface area contributed by atoms with Gasteiger partial charge in [0.05, 0.1) is 11.7 Å². The van der Waals surface area contributed by atoms with Crippen molar-refractivity contribution in [3.8, 4) is 0 Å². The molecule has 0 radical (unpaired) electrons. The second kappa shape index (κ2) is 5.13. The van der Waals surface area contributed by atoms with E-state index in [1.807, 2.05) is 0 Å². The van der Waals surface area contributed by atoms with Gasteiger partial charge in [0, 0.05) is 6.54 Å². The zero-order valence-corrected chi connectivity index (χ0v) is 11.9. The van der Waals surface area contributed by atoms with E-state index in [0.29, 0.717) is 6.10 Å². The molecule has 104 valence electrons. The van der Waals surface area contributed by atoms with Crippen LogP contribution in [0.5, 0.6) is 0 Å². The third-order valence-corrected chi connectivity index (χ3v) is 6.04. The summed E-state index contributed by atoms with van der Waals surface area (Å²) in [5, 5.41) is 0.